The van der Waals surface area contributed by atoms with Crippen LogP contribution in [0.3, 0.4) is 0 Å². The minimum atomic E-state index is -0.797. The molecule has 0 aromatic heterocycles. The van der Waals surface area contributed by atoms with E-state index >= 15 is 0 Å². The fourth-order valence-corrected chi connectivity index (χ4v) is 2.81. The molecule has 86 valence electrons. The summed E-state index contributed by atoms with van der Waals surface area (Å²) in [6.07, 6.45) is 5.56. The Morgan fingerprint density at radius 3 is 2.80 bits per heavy atom. The largest absolute Gasteiger partial charge is 0.351 e. The van der Waals surface area contributed by atoms with Crippen LogP contribution in [0.1, 0.15) is 19.3 Å². The molecule has 4 N–H and O–H groups in total. The molecule has 0 heterocycles. The summed E-state index contributed by atoms with van der Waals surface area (Å²) in [7, 11) is 0. The smallest absolute Gasteiger partial charge is 0.318 e. The third kappa shape index (κ3) is 4.09. The molecule has 1 aliphatic carbocycles. The molecular weight excluding hydrogens is 214 g/mol. The van der Waals surface area contributed by atoms with E-state index in [-0.39, 0.29) is 12.5 Å². The molecule has 15 heavy (non-hydrogen) atoms. The van der Waals surface area contributed by atoms with Gasteiger partial charge in [-0.15, -0.1) is 0 Å². The second-order valence-electron chi connectivity index (χ2n) is 3.60. The van der Waals surface area contributed by atoms with E-state index in [0.29, 0.717) is 11.3 Å². The van der Waals surface area contributed by atoms with Gasteiger partial charge in [0, 0.05) is 11.3 Å². The molecule has 3 amide bonds. The highest BCUT2D eigenvalue weighted by Crippen LogP contribution is 2.27. The first-order valence-corrected chi connectivity index (χ1v) is 6.27. The standard InChI is InChI=1S/C9H17N3O2S/c1-15-7-4-2-3-6(7)11-5-8(13)12-9(10)14/h6-7,11H,2-5H2,1H3,(H3,10,12,13,14). The van der Waals surface area contributed by atoms with Crippen LogP contribution in [0.15, 0.2) is 0 Å². The van der Waals surface area contributed by atoms with Gasteiger partial charge in [-0.3, -0.25) is 10.1 Å². The molecule has 6 heteroatoms. The monoisotopic (exact) mass is 231 g/mol. The average Bonchev–Trinajstić information content (AvgIpc) is 2.60. The van der Waals surface area contributed by atoms with Crippen molar-refractivity contribution in [3.63, 3.8) is 0 Å². The van der Waals surface area contributed by atoms with Crippen LogP contribution in [-0.4, -0.2) is 36.0 Å². The Balaban J connectivity index is 2.24. The fraction of sp³-hybridized carbons (Fsp3) is 0.778. The first kappa shape index (κ1) is 12.3. The number of primary amides is 1. The number of nitrogens with one attached hydrogen (secondary N) is 2. The van der Waals surface area contributed by atoms with Crippen molar-refractivity contribution in [2.75, 3.05) is 12.8 Å². The number of urea groups is 1. The topological polar surface area (TPSA) is 84.2 Å². The van der Waals surface area contributed by atoms with E-state index in [9.17, 15) is 9.59 Å². The highest BCUT2D eigenvalue weighted by molar-refractivity contribution is 7.99. The minimum absolute atomic E-state index is 0.157. The molecule has 1 saturated carbocycles. The summed E-state index contributed by atoms with van der Waals surface area (Å²) in [6, 6.07) is -0.423. The van der Waals surface area contributed by atoms with Gasteiger partial charge in [0.15, 0.2) is 0 Å². The Hall–Kier alpha value is -0.750. The first-order chi connectivity index (χ1) is 7.13. The number of nitrogens with two attached hydrogens (primary N) is 1. The molecule has 1 rings (SSSR count). The van der Waals surface area contributed by atoms with E-state index in [2.05, 4.69) is 11.6 Å². The number of rotatable bonds is 4. The zero-order valence-corrected chi connectivity index (χ0v) is 9.60. The molecular formula is C9H17N3O2S. The fourth-order valence-electron chi connectivity index (χ4n) is 1.85. The highest BCUT2D eigenvalue weighted by Gasteiger charge is 2.26. The minimum Gasteiger partial charge on any atom is -0.351 e. The molecule has 2 unspecified atom stereocenters. The predicted molar refractivity (Wildman–Crippen MR) is 60.7 cm³/mol. The molecule has 5 nitrogen and oxygen atoms in total. The number of thioether (sulfide) groups is 1. The number of carbonyl (C=O) groups is 2. The Kier molecular flexibility index (Phi) is 4.90. The maximum Gasteiger partial charge on any atom is 0.318 e. The molecule has 1 aliphatic rings. The van der Waals surface area contributed by atoms with Gasteiger partial charge in [0.25, 0.3) is 0 Å². The second kappa shape index (κ2) is 5.97. The molecule has 0 spiro atoms. The van der Waals surface area contributed by atoms with E-state index in [1.54, 1.807) is 0 Å². The summed E-state index contributed by atoms with van der Waals surface area (Å²) in [5.41, 5.74) is 4.83. The third-order valence-corrected chi connectivity index (χ3v) is 3.71. The maximum atomic E-state index is 11.1. The Morgan fingerprint density at radius 2 is 2.20 bits per heavy atom. The Bertz CT molecular complexity index is 248. The summed E-state index contributed by atoms with van der Waals surface area (Å²) >= 11 is 1.82. The van der Waals surface area contributed by atoms with Crippen LogP contribution in [0.2, 0.25) is 0 Å². The molecule has 0 radical (unpaired) electrons. The second-order valence-corrected chi connectivity index (χ2v) is 4.68. The van der Waals surface area contributed by atoms with Crippen molar-refractivity contribution in [1.29, 1.82) is 0 Å². The van der Waals surface area contributed by atoms with Gasteiger partial charge < -0.3 is 11.1 Å². The van der Waals surface area contributed by atoms with Crippen molar-refractivity contribution in [2.45, 2.75) is 30.6 Å². The van der Waals surface area contributed by atoms with Gasteiger partial charge in [-0.2, -0.15) is 11.8 Å². The van der Waals surface area contributed by atoms with Crippen LogP contribution in [0.4, 0.5) is 4.79 Å². The van der Waals surface area contributed by atoms with Crippen LogP contribution < -0.4 is 16.4 Å². The van der Waals surface area contributed by atoms with Crippen molar-refractivity contribution in [3.8, 4) is 0 Å². The number of amides is 3. The summed E-state index contributed by atoms with van der Waals surface area (Å²) in [6.45, 7) is 0.157. The van der Waals surface area contributed by atoms with Crippen molar-refractivity contribution in [1.82, 2.24) is 10.6 Å². The van der Waals surface area contributed by atoms with Gasteiger partial charge in [0.1, 0.15) is 0 Å². The SMILES string of the molecule is CSC1CCCC1NCC(=O)NC(N)=O. The predicted octanol–water partition coefficient (Wildman–Crippen LogP) is 0.0550. The zero-order valence-electron chi connectivity index (χ0n) is 8.79. The van der Waals surface area contributed by atoms with Crippen molar-refractivity contribution in [2.24, 2.45) is 5.73 Å². The van der Waals surface area contributed by atoms with Crippen molar-refractivity contribution in [3.05, 3.63) is 0 Å². The van der Waals surface area contributed by atoms with Crippen LogP contribution in [0.5, 0.6) is 0 Å². The number of hydrogen-bond donors (Lipinski definition) is 3. The van der Waals surface area contributed by atoms with E-state index in [4.69, 9.17) is 5.73 Å². The summed E-state index contributed by atoms with van der Waals surface area (Å²) in [5.74, 6) is -0.366. The van der Waals surface area contributed by atoms with Crippen molar-refractivity contribution < 1.29 is 9.59 Å². The van der Waals surface area contributed by atoms with E-state index < -0.39 is 6.03 Å². The lowest BCUT2D eigenvalue weighted by Crippen LogP contribution is -2.44. The molecule has 0 saturated heterocycles. The quantitative estimate of drug-likeness (QED) is 0.638. The van der Waals surface area contributed by atoms with Gasteiger partial charge in [0.2, 0.25) is 5.91 Å². The number of imide groups is 1. The van der Waals surface area contributed by atoms with Gasteiger partial charge in [-0.1, -0.05) is 6.42 Å². The van der Waals surface area contributed by atoms with E-state index in [1.165, 1.54) is 12.8 Å². The average molecular weight is 231 g/mol. The molecule has 0 aromatic rings. The van der Waals surface area contributed by atoms with Crippen LogP contribution >= 0.6 is 11.8 Å². The summed E-state index contributed by atoms with van der Waals surface area (Å²) < 4.78 is 0. The first-order valence-electron chi connectivity index (χ1n) is 4.99. The lowest BCUT2D eigenvalue weighted by Gasteiger charge is -2.18. The lowest BCUT2D eigenvalue weighted by molar-refractivity contribution is -0.119. The molecule has 1 fully saturated rings. The van der Waals surface area contributed by atoms with E-state index in [0.717, 1.165) is 6.42 Å². The molecule has 2 atom stereocenters. The Labute approximate surface area is 93.5 Å². The lowest BCUT2D eigenvalue weighted by atomic mass is 10.2. The van der Waals surface area contributed by atoms with Crippen molar-refractivity contribution >= 4 is 23.7 Å². The van der Waals surface area contributed by atoms with Crippen LogP contribution in [0.25, 0.3) is 0 Å². The normalized spacial score (nSPS) is 25.1. The summed E-state index contributed by atoms with van der Waals surface area (Å²) in [5, 5.41) is 5.75. The molecule has 0 bridgehead atoms. The van der Waals surface area contributed by atoms with Gasteiger partial charge in [-0.05, 0) is 19.1 Å². The Morgan fingerprint density at radius 1 is 1.47 bits per heavy atom. The van der Waals surface area contributed by atoms with Gasteiger partial charge in [0.05, 0.1) is 6.54 Å². The van der Waals surface area contributed by atoms with E-state index in [1.807, 2.05) is 17.1 Å². The zero-order chi connectivity index (χ0) is 11.3. The van der Waals surface area contributed by atoms with Crippen LogP contribution in [0, 0.1) is 0 Å². The van der Waals surface area contributed by atoms with Gasteiger partial charge >= 0.3 is 6.03 Å². The van der Waals surface area contributed by atoms with Gasteiger partial charge in [-0.25, -0.2) is 4.79 Å². The number of carbonyl (C=O) groups excluding carboxylic acids is 2. The third-order valence-electron chi connectivity index (χ3n) is 2.54. The molecule has 0 aromatic carbocycles. The maximum absolute atomic E-state index is 11.1. The van der Waals surface area contributed by atoms with Crippen LogP contribution in [-0.2, 0) is 4.79 Å². The summed E-state index contributed by atoms with van der Waals surface area (Å²) in [4.78, 5) is 21.5. The number of hydrogen-bond acceptors (Lipinski definition) is 4. The molecule has 0 aliphatic heterocycles. The highest BCUT2D eigenvalue weighted by atomic mass is 32.2.